The number of likely N-dealkylation sites (N-methyl/N-ethyl adjacent to an activating group) is 1. The Morgan fingerprint density at radius 3 is 2.22 bits per heavy atom. The van der Waals surface area contributed by atoms with Gasteiger partial charge in [0.15, 0.2) is 18.4 Å². The van der Waals surface area contributed by atoms with Gasteiger partial charge >= 0.3 is 5.97 Å². The maximum atomic E-state index is 14.7. The molecule has 0 aromatic carbocycles. The van der Waals surface area contributed by atoms with E-state index in [9.17, 15) is 14.7 Å². The highest BCUT2D eigenvalue weighted by atomic mass is 16.7. The number of rotatable bonds is 9. The molecule has 6 rings (SSSR count). The fourth-order valence-corrected chi connectivity index (χ4v) is 10.4. The van der Waals surface area contributed by atoms with E-state index >= 15 is 0 Å². The molecule has 0 aromatic heterocycles. The number of ether oxygens (including phenoxy) is 8. The fraction of sp³-hybridized carbons (Fsp3) is 0.810. The number of carbonyl (C=O) groups excluding carboxylic acids is 2. The van der Waals surface area contributed by atoms with E-state index in [4.69, 9.17) is 37.9 Å². The Bertz CT molecular complexity index is 1380. The lowest BCUT2D eigenvalue weighted by Crippen LogP contribution is -2.60. The molecule has 1 N–H and O–H groups in total. The van der Waals surface area contributed by atoms with Crippen molar-refractivity contribution in [1.29, 1.82) is 0 Å². The van der Waals surface area contributed by atoms with Gasteiger partial charge in [-0.15, -0.1) is 0 Å². The maximum absolute atomic E-state index is 14.7. The molecular weight excluding hydrogens is 694 g/mol. The first-order valence-electron chi connectivity index (χ1n) is 20.2. The van der Waals surface area contributed by atoms with Crippen LogP contribution in [0.1, 0.15) is 72.6 Å². The second-order valence-corrected chi connectivity index (χ2v) is 16.6. The highest BCUT2D eigenvalue weighted by Gasteiger charge is 2.55. The van der Waals surface area contributed by atoms with Crippen molar-refractivity contribution in [2.45, 2.75) is 146 Å². The Morgan fingerprint density at radius 1 is 0.833 bits per heavy atom. The smallest absolute Gasteiger partial charge is 0.307 e. The summed E-state index contributed by atoms with van der Waals surface area (Å²) in [6.45, 7) is 7.90. The molecule has 0 bridgehead atoms. The number of ketones is 1. The molecule has 3 heterocycles. The second kappa shape index (κ2) is 18.1. The number of nitrogens with zero attached hydrogens (tertiary/aromatic N) is 1. The molecule has 3 aliphatic carbocycles. The number of aliphatic hydroxyl groups is 1. The zero-order valence-corrected chi connectivity index (χ0v) is 33.7. The first-order chi connectivity index (χ1) is 25.9. The van der Waals surface area contributed by atoms with E-state index in [1.165, 1.54) is 0 Å². The molecule has 18 unspecified atom stereocenters. The van der Waals surface area contributed by atoms with Gasteiger partial charge in [-0.3, -0.25) is 9.59 Å². The van der Waals surface area contributed by atoms with Gasteiger partial charge in [-0.2, -0.15) is 0 Å². The molecule has 1 saturated carbocycles. The minimum Gasteiger partial charge on any atom is -0.458 e. The number of hydrogen-bond donors (Lipinski definition) is 1. The van der Waals surface area contributed by atoms with Gasteiger partial charge in [-0.25, -0.2) is 0 Å². The minimum atomic E-state index is -0.793. The van der Waals surface area contributed by atoms with E-state index < -0.39 is 42.9 Å². The summed E-state index contributed by atoms with van der Waals surface area (Å²) in [5.41, 5.74) is 0.665. The number of Topliss-reactive ketones (excluding diaryl/α,β-unsaturated/α-hetero) is 1. The van der Waals surface area contributed by atoms with Crippen molar-refractivity contribution in [3.05, 3.63) is 36.0 Å². The van der Waals surface area contributed by atoms with Crippen molar-refractivity contribution < 1.29 is 52.6 Å². The van der Waals surface area contributed by atoms with Crippen molar-refractivity contribution in [3.63, 3.8) is 0 Å². The highest BCUT2D eigenvalue weighted by molar-refractivity contribution is 5.99. The van der Waals surface area contributed by atoms with Crippen LogP contribution < -0.4 is 0 Å². The summed E-state index contributed by atoms with van der Waals surface area (Å²) in [7, 11) is 8.97. The highest BCUT2D eigenvalue weighted by Crippen LogP contribution is 2.54. The number of carbonyl (C=O) groups is 2. The number of cyclic esters (lactones) is 1. The van der Waals surface area contributed by atoms with Crippen LogP contribution in [-0.4, -0.2) is 131 Å². The molecule has 12 nitrogen and oxygen atoms in total. The molecule has 0 amide bonds. The molecule has 0 spiro atoms. The molecule has 4 fully saturated rings. The van der Waals surface area contributed by atoms with Gasteiger partial charge in [0.05, 0.1) is 36.9 Å². The van der Waals surface area contributed by atoms with E-state index in [0.29, 0.717) is 30.9 Å². The molecule has 6 aliphatic rings. The number of methoxy groups -OCH3 is 3. The molecule has 54 heavy (non-hydrogen) atoms. The Morgan fingerprint density at radius 2 is 1.56 bits per heavy atom. The third-order valence-corrected chi connectivity index (χ3v) is 13.3. The molecule has 0 aromatic rings. The first-order valence-corrected chi connectivity index (χ1v) is 20.2. The predicted molar refractivity (Wildman–Crippen MR) is 200 cm³/mol. The summed E-state index contributed by atoms with van der Waals surface area (Å²) >= 11 is 0. The van der Waals surface area contributed by atoms with Gasteiger partial charge in [-0.05, 0) is 103 Å². The SMILES string of the molecule is CC=CC1CCCC(OC2CCC(N(C)C)C(C)O2)C(C)C(=O)C2=CC3C(C=CC4C(O)C(OC5OC(C)C(OC)C(OC)C5OC)CC43)C2CC(=O)O1. The average molecular weight is 760 g/mol. The summed E-state index contributed by atoms with van der Waals surface area (Å²) in [4.78, 5) is 30.5. The number of fused-ring (bicyclic) bond motifs is 5. The number of aliphatic hydroxyl groups excluding tert-OH is 1. The molecule has 3 aliphatic heterocycles. The zero-order chi connectivity index (χ0) is 38.8. The van der Waals surface area contributed by atoms with Gasteiger partial charge in [0.1, 0.15) is 24.4 Å². The standard InChI is InChI=1S/C42H65NO11/c1-10-12-25-13-11-14-33(53-36-18-17-32(43(5)6)23(3)50-36)22(2)37(45)31-19-28-26(30(31)21-35(44)52-25)15-16-27-29(28)20-34(38(27)46)54-42-41(49-9)40(48-8)39(47-7)24(4)51-42/h10,12,15-16,19,22-30,32-34,36,38-42,46H,11,13-14,17-18,20-21H2,1-9H3. The lowest BCUT2D eigenvalue weighted by molar-refractivity contribution is -0.319. The van der Waals surface area contributed by atoms with Crippen LogP contribution in [0.2, 0.25) is 0 Å². The number of hydrogen-bond acceptors (Lipinski definition) is 12. The monoisotopic (exact) mass is 759 g/mol. The van der Waals surface area contributed by atoms with Crippen molar-refractivity contribution in [2.75, 3.05) is 35.4 Å². The Hall–Kier alpha value is -2.00. The van der Waals surface area contributed by atoms with Crippen LogP contribution >= 0.6 is 0 Å². The van der Waals surface area contributed by atoms with Crippen LogP contribution in [0.5, 0.6) is 0 Å². The van der Waals surface area contributed by atoms with Crippen molar-refractivity contribution in [3.8, 4) is 0 Å². The maximum Gasteiger partial charge on any atom is 0.307 e. The summed E-state index contributed by atoms with van der Waals surface area (Å²) in [6, 6.07) is 0.311. The molecular formula is C42H65NO11. The minimum absolute atomic E-state index is 0.00553. The molecule has 3 saturated heterocycles. The molecule has 18 atom stereocenters. The third-order valence-electron chi connectivity index (χ3n) is 13.3. The number of allylic oxidation sites excluding steroid dienone is 4. The Balaban J connectivity index is 1.24. The largest absolute Gasteiger partial charge is 0.458 e. The van der Waals surface area contributed by atoms with Crippen molar-refractivity contribution >= 4 is 11.8 Å². The summed E-state index contributed by atoms with van der Waals surface area (Å²) < 4.78 is 49.2. The Labute approximate surface area is 321 Å². The van der Waals surface area contributed by atoms with Gasteiger partial charge in [0.2, 0.25) is 0 Å². The predicted octanol–water partition coefficient (Wildman–Crippen LogP) is 4.62. The van der Waals surface area contributed by atoms with Crippen LogP contribution in [0.15, 0.2) is 36.0 Å². The summed E-state index contributed by atoms with van der Waals surface area (Å²) in [5.74, 6) is -1.44. The topological polar surface area (TPSA) is 131 Å². The van der Waals surface area contributed by atoms with Gasteiger partial charge < -0.3 is 47.9 Å². The van der Waals surface area contributed by atoms with Crippen molar-refractivity contribution in [2.24, 2.45) is 35.5 Å². The quantitative estimate of drug-likeness (QED) is 0.260. The Kier molecular flexibility index (Phi) is 13.9. The van der Waals surface area contributed by atoms with Crippen LogP contribution in [-0.2, 0) is 47.5 Å². The average Bonchev–Trinajstić information content (AvgIpc) is 3.66. The van der Waals surface area contributed by atoms with Crippen molar-refractivity contribution in [1.82, 2.24) is 4.90 Å². The molecule has 304 valence electrons. The first kappa shape index (κ1) is 41.6. The molecule has 0 radical (unpaired) electrons. The van der Waals surface area contributed by atoms with Crippen LogP contribution in [0.3, 0.4) is 0 Å². The van der Waals surface area contributed by atoms with E-state index in [0.717, 1.165) is 19.3 Å². The van der Waals surface area contributed by atoms with Gasteiger partial charge in [-0.1, -0.05) is 31.2 Å². The van der Waals surface area contributed by atoms with E-state index in [-0.39, 0.29) is 78.3 Å². The van der Waals surface area contributed by atoms with Crippen LogP contribution in [0, 0.1) is 35.5 Å². The number of esters is 1. The van der Waals surface area contributed by atoms with E-state index in [2.05, 4.69) is 44.1 Å². The fourth-order valence-electron chi connectivity index (χ4n) is 10.4. The van der Waals surface area contributed by atoms with Gasteiger partial charge in [0, 0.05) is 45.1 Å². The third kappa shape index (κ3) is 8.48. The second-order valence-electron chi connectivity index (χ2n) is 16.6. The van der Waals surface area contributed by atoms with Gasteiger partial charge in [0.25, 0.3) is 0 Å². The zero-order valence-electron chi connectivity index (χ0n) is 33.7. The molecule has 12 heteroatoms. The summed E-state index contributed by atoms with van der Waals surface area (Å²) in [5, 5.41) is 11.7. The lowest BCUT2D eigenvalue weighted by Gasteiger charge is -2.44. The van der Waals surface area contributed by atoms with Crippen LogP contribution in [0.4, 0.5) is 0 Å². The van der Waals surface area contributed by atoms with Crippen LogP contribution in [0.25, 0.3) is 0 Å². The normalized spacial score (nSPS) is 46.0. The van der Waals surface area contributed by atoms with E-state index in [1.807, 2.05) is 32.9 Å². The van der Waals surface area contributed by atoms with E-state index in [1.54, 1.807) is 21.3 Å². The lowest BCUT2D eigenvalue weighted by atomic mass is 9.70. The summed E-state index contributed by atoms with van der Waals surface area (Å²) in [6.07, 6.45) is 9.68.